The molecular weight excluding hydrogens is 334 g/mol. The molecule has 2 fully saturated rings. The van der Waals surface area contributed by atoms with Crippen LogP contribution in [0.2, 0.25) is 0 Å². The highest BCUT2D eigenvalue weighted by Gasteiger charge is 2.39. The number of urea groups is 1. The zero-order valence-corrected chi connectivity index (χ0v) is 15.4. The summed E-state index contributed by atoms with van der Waals surface area (Å²) in [6.07, 6.45) is 0.561. The molecule has 2 aliphatic rings. The molecule has 2 saturated heterocycles. The number of ether oxygens (including phenoxy) is 1. The summed E-state index contributed by atoms with van der Waals surface area (Å²) < 4.78 is 4.76. The molecule has 0 unspecified atom stereocenters. The van der Waals surface area contributed by atoms with Crippen molar-refractivity contribution in [3.63, 3.8) is 0 Å². The number of benzene rings is 1. The van der Waals surface area contributed by atoms with Crippen LogP contribution < -0.4 is 5.32 Å². The molecule has 2 heterocycles. The summed E-state index contributed by atoms with van der Waals surface area (Å²) >= 11 is 0. The second-order valence-corrected chi connectivity index (χ2v) is 7.79. The van der Waals surface area contributed by atoms with E-state index in [4.69, 9.17) is 4.74 Å². The number of cyclic esters (lactones) is 1. The molecule has 0 aromatic heterocycles. The molecule has 3 rings (SSSR count). The highest BCUT2D eigenvalue weighted by molar-refractivity contribution is 5.98. The minimum atomic E-state index is -0.572. The number of anilines is 1. The van der Waals surface area contributed by atoms with Crippen LogP contribution in [0.4, 0.5) is 15.3 Å². The lowest BCUT2D eigenvalue weighted by Crippen LogP contribution is -2.49. The quantitative estimate of drug-likeness (QED) is 0.880. The maximum atomic E-state index is 12.4. The van der Waals surface area contributed by atoms with Gasteiger partial charge in [0, 0.05) is 24.8 Å². The number of carbonyl (C=O) groups excluding carboxylic acids is 3. The lowest BCUT2D eigenvalue weighted by Gasteiger charge is -2.34. The number of carbonyl (C=O) groups is 3. The van der Waals surface area contributed by atoms with Crippen molar-refractivity contribution in [3.8, 4) is 0 Å². The molecule has 4 amide bonds. The largest absolute Gasteiger partial charge is 0.439 e. The highest BCUT2D eigenvalue weighted by atomic mass is 16.6. The van der Waals surface area contributed by atoms with E-state index >= 15 is 0 Å². The van der Waals surface area contributed by atoms with Crippen molar-refractivity contribution < 1.29 is 19.1 Å². The molecule has 0 aliphatic carbocycles. The summed E-state index contributed by atoms with van der Waals surface area (Å²) in [4.78, 5) is 38.7. The van der Waals surface area contributed by atoms with Crippen LogP contribution in [0.5, 0.6) is 0 Å². The molecule has 1 N–H and O–H groups in total. The number of imide groups is 1. The van der Waals surface area contributed by atoms with Gasteiger partial charge >= 0.3 is 12.1 Å². The molecule has 0 bridgehead atoms. The summed E-state index contributed by atoms with van der Waals surface area (Å²) in [6.45, 7) is 7.24. The predicted molar refractivity (Wildman–Crippen MR) is 96.9 cm³/mol. The standard InChI is InChI=1S/C19H25N3O4/c1-19(2,3)13-4-6-14(7-5-13)20-17(24)21-10-8-15(9-11-21)22-16(23)12-26-18(22)25/h4-7,15H,8-12H2,1-3H3,(H,20,24). The molecule has 0 atom stereocenters. The Morgan fingerprint density at radius 3 is 2.23 bits per heavy atom. The Bertz CT molecular complexity index is 684. The maximum Gasteiger partial charge on any atom is 0.417 e. The van der Waals surface area contributed by atoms with Crippen LogP contribution >= 0.6 is 0 Å². The molecule has 1 aromatic carbocycles. The average molecular weight is 359 g/mol. The van der Waals surface area contributed by atoms with Crippen LogP contribution in [0.25, 0.3) is 0 Å². The number of hydrogen-bond acceptors (Lipinski definition) is 4. The van der Waals surface area contributed by atoms with Crippen LogP contribution in [-0.2, 0) is 14.9 Å². The van der Waals surface area contributed by atoms with Gasteiger partial charge in [0.1, 0.15) is 0 Å². The van der Waals surface area contributed by atoms with Crippen molar-refractivity contribution in [2.45, 2.75) is 45.1 Å². The van der Waals surface area contributed by atoms with E-state index in [1.54, 1.807) is 4.90 Å². The maximum absolute atomic E-state index is 12.4. The van der Waals surface area contributed by atoms with Gasteiger partial charge in [-0.25, -0.2) is 14.5 Å². The van der Waals surface area contributed by atoms with Crippen LogP contribution in [0, 0.1) is 0 Å². The predicted octanol–water partition coefficient (Wildman–Crippen LogP) is 2.96. The van der Waals surface area contributed by atoms with Gasteiger partial charge < -0.3 is 15.0 Å². The van der Waals surface area contributed by atoms with Gasteiger partial charge in [0.25, 0.3) is 5.91 Å². The van der Waals surface area contributed by atoms with Gasteiger partial charge in [0.15, 0.2) is 6.61 Å². The third-order valence-corrected chi connectivity index (χ3v) is 4.90. The van der Waals surface area contributed by atoms with Gasteiger partial charge in [-0.1, -0.05) is 32.9 Å². The van der Waals surface area contributed by atoms with Crippen molar-refractivity contribution in [1.29, 1.82) is 0 Å². The van der Waals surface area contributed by atoms with Crippen molar-refractivity contribution in [2.75, 3.05) is 25.0 Å². The third kappa shape index (κ3) is 3.81. The lowest BCUT2D eigenvalue weighted by molar-refractivity contribution is -0.127. The molecule has 140 valence electrons. The Kier molecular flexibility index (Phi) is 4.89. The first-order valence-electron chi connectivity index (χ1n) is 8.91. The summed E-state index contributed by atoms with van der Waals surface area (Å²) in [5.41, 5.74) is 2.03. The second-order valence-electron chi connectivity index (χ2n) is 7.79. The van der Waals surface area contributed by atoms with E-state index in [-0.39, 0.29) is 30.0 Å². The van der Waals surface area contributed by atoms with Crippen LogP contribution in [0.1, 0.15) is 39.2 Å². The fourth-order valence-electron chi connectivity index (χ4n) is 3.30. The van der Waals surface area contributed by atoms with Gasteiger partial charge in [0.2, 0.25) is 0 Å². The smallest absolute Gasteiger partial charge is 0.417 e. The summed E-state index contributed by atoms with van der Waals surface area (Å²) in [5.74, 6) is -0.295. The minimum Gasteiger partial charge on any atom is -0.439 e. The number of nitrogens with one attached hydrogen (secondary N) is 1. The number of rotatable bonds is 2. The van der Waals surface area contributed by atoms with E-state index in [1.807, 2.05) is 24.3 Å². The van der Waals surface area contributed by atoms with Crippen LogP contribution in [0.3, 0.4) is 0 Å². The SMILES string of the molecule is CC(C)(C)c1ccc(NC(=O)N2CCC(N3C(=O)COC3=O)CC2)cc1. The Hall–Kier alpha value is -2.57. The molecule has 7 nitrogen and oxygen atoms in total. The van der Waals surface area contributed by atoms with E-state index in [9.17, 15) is 14.4 Å². The minimum absolute atomic E-state index is 0.0680. The Balaban J connectivity index is 1.54. The molecule has 0 saturated carbocycles. The number of hydrogen-bond donors (Lipinski definition) is 1. The first kappa shape index (κ1) is 18.2. The van der Waals surface area contributed by atoms with E-state index in [0.717, 1.165) is 5.69 Å². The summed E-state index contributed by atoms with van der Waals surface area (Å²) in [6, 6.07) is 7.50. The van der Waals surface area contributed by atoms with Crippen molar-refractivity contribution >= 4 is 23.7 Å². The van der Waals surface area contributed by atoms with E-state index in [2.05, 4.69) is 26.1 Å². The average Bonchev–Trinajstić information content (AvgIpc) is 2.93. The van der Waals surface area contributed by atoms with Crippen molar-refractivity contribution in [1.82, 2.24) is 9.80 Å². The number of amides is 4. The van der Waals surface area contributed by atoms with E-state index in [0.29, 0.717) is 25.9 Å². The topological polar surface area (TPSA) is 79.0 Å². The number of likely N-dealkylation sites (tertiary alicyclic amines) is 1. The lowest BCUT2D eigenvalue weighted by atomic mass is 9.87. The van der Waals surface area contributed by atoms with Gasteiger partial charge in [-0.3, -0.25) is 4.79 Å². The summed E-state index contributed by atoms with van der Waals surface area (Å²) in [5, 5.41) is 2.91. The number of piperidine rings is 1. The van der Waals surface area contributed by atoms with Crippen molar-refractivity contribution in [2.24, 2.45) is 0 Å². The van der Waals surface area contributed by atoms with E-state index < -0.39 is 6.09 Å². The second kappa shape index (κ2) is 6.97. The van der Waals surface area contributed by atoms with Crippen molar-refractivity contribution in [3.05, 3.63) is 29.8 Å². The highest BCUT2D eigenvalue weighted by Crippen LogP contribution is 2.24. The summed E-state index contributed by atoms with van der Waals surface area (Å²) in [7, 11) is 0. The molecule has 26 heavy (non-hydrogen) atoms. The third-order valence-electron chi connectivity index (χ3n) is 4.90. The molecule has 7 heteroatoms. The van der Waals surface area contributed by atoms with Gasteiger partial charge in [-0.05, 0) is 36.0 Å². The normalized spacial score (nSPS) is 18.9. The molecule has 1 aromatic rings. The number of nitrogens with zero attached hydrogens (tertiary/aromatic N) is 2. The Morgan fingerprint density at radius 2 is 1.73 bits per heavy atom. The molecule has 0 spiro atoms. The Labute approximate surface area is 153 Å². The first-order chi connectivity index (χ1) is 12.3. The van der Waals surface area contributed by atoms with Gasteiger partial charge in [-0.2, -0.15) is 0 Å². The monoisotopic (exact) mass is 359 g/mol. The molecule has 2 aliphatic heterocycles. The zero-order chi connectivity index (χ0) is 18.9. The van der Waals surface area contributed by atoms with Gasteiger partial charge in [-0.15, -0.1) is 0 Å². The molecular formula is C19H25N3O4. The van der Waals surface area contributed by atoms with E-state index in [1.165, 1.54) is 10.5 Å². The van der Waals surface area contributed by atoms with Crippen LogP contribution in [-0.4, -0.2) is 53.6 Å². The Morgan fingerprint density at radius 1 is 1.12 bits per heavy atom. The fourth-order valence-corrected chi connectivity index (χ4v) is 3.30. The van der Waals surface area contributed by atoms with Gasteiger partial charge in [0.05, 0.1) is 0 Å². The van der Waals surface area contributed by atoms with Crippen LogP contribution in [0.15, 0.2) is 24.3 Å². The zero-order valence-electron chi connectivity index (χ0n) is 15.4. The first-order valence-corrected chi connectivity index (χ1v) is 8.91. The molecule has 0 radical (unpaired) electrons. The fraction of sp³-hybridized carbons (Fsp3) is 0.526.